The van der Waals surface area contributed by atoms with Crippen LogP contribution < -0.4 is 10.1 Å². The van der Waals surface area contributed by atoms with Crippen LogP contribution in [0.3, 0.4) is 0 Å². The summed E-state index contributed by atoms with van der Waals surface area (Å²) in [7, 11) is 1.97. The Balaban J connectivity index is 1.99. The molecule has 0 saturated carbocycles. The van der Waals surface area contributed by atoms with Gasteiger partial charge in [0.05, 0.1) is 18.3 Å². The van der Waals surface area contributed by atoms with Gasteiger partial charge in [0.25, 0.3) is 0 Å². The molecule has 0 saturated heterocycles. The Labute approximate surface area is 157 Å². The molecule has 2 aromatic rings. The Kier molecular flexibility index (Phi) is 7.22. The van der Waals surface area contributed by atoms with Crippen LogP contribution in [0, 0.1) is 0 Å². The molecule has 0 spiro atoms. The highest BCUT2D eigenvalue weighted by Crippen LogP contribution is 2.24. The largest absolute Gasteiger partial charge is 0.492 e. The summed E-state index contributed by atoms with van der Waals surface area (Å²) in [6.07, 6.45) is 0. The summed E-state index contributed by atoms with van der Waals surface area (Å²) < 4.78 is 5.58. The van der Waals surface area contributed by atoms with E-state index in [9.17, 15) is 4.79 Å². The summed E-state index contributed by atoms with van der Waals surface area (Å²) in [5, 5.41) is 2.98. The maximum Gasteiger partial charge on any atom is 0.241 e. The van der Waals surface area contributed by atoms with Crippen molar-refractivity contribution < 1.29 is 9.53 Å². The zero-order valence-corrected chi connectivity index (χ0v) is 16.5. The molecule has 2 rings (SSSR count). The van der Waals surface area contributed by atoms with Crippen LogP contribution in [0.5, 0.6) is 5.75 Å². The molecule has 0 fully saturated rings. The first-order valence-corrected chi connectivity index (χ1v) is 9.24. The lowest BCUT2D eigenvalue weighted by Crippen LogP contribution is -2.39. The average molecular weight is 354 g/mol. The lowest BCUT2D eigenvalue weighted by Gasteiger charge is -2.24. The molecule has 26 heavy (non-hydrogen) atoms. The summed E-state index contributed by atoms with van der Waals surface area (Å²) in [6.45, 7) is 9.51. The second-order valence-corrected chi connectivity index (χ2v) is 6.91. The van der Waals surface area contributed by atoms with Crippen molar-refractivity contribution in [1.82, 2.24) is 4.90 Å². The topological polar surface area (TPSA) is 41.6 Å². The molecule has 140 valence electrons. The molecule has 0 unspecified atom stereocenters. The second-order valence-electron chi connectivity index (χ2n) is 6.91. The third kappa shape index (κ3) is 5.33. The minimum atomic E-state index is -0.255. The predicted molar refractivity (Wildman–Crippen MR) is 108 cm³/mol. The van der Waals surface area contributed by atoms with Crippen LogP contribution in [-0.4, -0.2) is 30.5 Å². The van der Waals surface area contributed by atoms with E-state index in [1.807, 2.05) is 50.1 Å². The van der Waals surface area contributed by atoms with Gasteiger partial charge >= 0.3 is 0 Å². The van der Waals surface area contributed by atoms with Crippen molar-refractivity contribution in [2.75, 3.05) is 19.0 Å². The fourth-order valence-electron chi connectivity index (χ4n) is 2.72. The molecule has 0 aliphatic heterocycles. The minimum absolute atomic E-state index is 0.0431. The molecule has 1 atom stereocenters. The molecule has 0 aliphatic carbocycles. The van der Waals surface area contributed by atoms with Gasteiger partial charge in [0.1, 0.15) is 5.75 Å². The number of likely N-dealkylation sites (N-methyl/N-ethyl adjacent to an activating group) is 1. The summed E-state index contributed by atoms with van der Waals surface area (Å²) in [4.78, 5) is 14.7. The predicted octanol–water partition coefficient (Wildman–Crippen LogP) is 4.67. The van der Waals surface area contributed by atoms with E-state index in [2.05, 4.69) is 43.4 Å². The number of carbonyl (C=O) groups is 1. The number of ether oxygens (including phenoxy) is 1. The fourth-order valence-corrected chi connectivity index (χ4v) is 2.72. The first-order valence-electron chi connectivity index (χ1n) is 9.24. The van der Waals surface area contributed by atoms with Crippen molar-refractivity contribution in [3.63, 3.8) is 0 Å². The highest BCUT2D eigenvalue weighted by atomic mass is 16.5. The second kappa shape index (κ2) is 9.39. The van der Waals surface area contributed by atoms with Crippen molar-refractivity contribution in [1.29, 1.82) is 0 Å². The first-order chi connectivity index (χ1) is 12.4. The lowest BCUT2D eigenvalue weighted by molar-refractivity contribution is -0.120. The fraction of sp³-hybridized carbons (Fsp3) is 0.409. The van der Waals surface area contributed by atoms with Crippen LogP contribution in [0.1, 0.15) is 44.7 Å². The monoisotopic (exact) mass is 354 g/mol. The third-order valence-corrected chi connectivity index (χ3v) is 4.56. The van der Waals surface area contributed by atoms with Crippen LogP contribution in [0.4, 0.5) is 5.69 Å². The van der Waals surface area contributed by atoms with Gasteiger partial charge in [0.2, 0.25) is 5.91 Å². The number of hydrogen-bond acceptors (Lipinski definition) is 3. The Morgan fingerprint density at radius 3 is 2.35 bits per heavy atom. The normalized spacial score (nSPS) is 12.3. The van der Waals surface area contributed by atoms with Gasteiger partial charge in [-0.1, -0.05) is 50.2 Å². The van der Waals surface area contributed by atoms with Crippen molar-refractivity contribution in [3.05, 3.63) is 59.7 Å². The van der Waals surface area contributed by atoms with Crippen molar-refractivity contribution in [3.8, 4) is 5.75 Å². The number of rotatable bonds is 8. The van der Waals surface area contributed by atoms with Gasteiger partial charge in [0, 0.05) is 6.54 Å². The van der Waals surface area contributed by atoms with E-state index >= 15 is 0 Å². The molecule has 2 aromatic carbocycles. The summed E-state index contributed by atoms with van der Waals surface area (Å²) >= 11 is 0. The van der Waals surface area contributed by atoms with Crippen molar-refractivity contribution in [2.45, 2.75) is 46.2 Å². The highest BCUT2D eigenvalue weighted by Gasteiger charge is 2.19. The maximum atomic E-state index is 12.6. The third-order valence-electron chi connectivity index (χ3n) is 4.56. The Hall–Kier alpha value is -2.33. The molecule has 0 aliphatic rings. The van der Waals surface area contributed by atoms with Gasteiger partial charge in [-0.25, -0.2) is 0 Å². The molecule has 1 amide bonds. The summed E-state index contributed by atoms with van der Waals surface area (Å²) in [5.74, 6) is 1.18. The standard InChI is InChI=1S/C22H30N2O2/c1-6-26-21-10-8-7-9-20(21)23-22(25)17(4)24(5)15-18-11-13-19(14-12-18)16(2)3/h7-14,16-17H,6,15H2,1-5H3,(H,23,25)/t17-/m0/s1. The van der Waals surface area contributed by atoms with Gasteiger partial charge in [-0.2, -0.15) is 0 Å². The SMILES string of the molecule is CCOc1ccccc1NC(=O)[C@H](C)N(C)Cc1ccc(C(C)C)cc1. The van der Waals surface area contributed by atoms with Gasteiger partial charge in [-0.05, 0) is 50.1 Å². The number of hydrogen-bond donors (Lipinski definition) is 1. The van der Waals surface area contributed by atoms with Crippen LogP contribution >= 0.6 is 0 Å². The Morgan fingerprint density at radius 1 is 1.08 bits per heavy atom. The average Bonchev–Trinajstić information content (AvgIpc) is 2.63. The first kappa shape index (κ1) is 20.0. The van der Waals surface area contributed by atoms with E-state index in [0.29, 0.717) is 24.0 Å². The molecule has 0 aromatic heterocycles. The van der Waals surface area contributed by atoms with Crippen LogP contribution in [0.25, 0.3) is 0 Å². The van der Waals surface area contributed by atoms with Crippen LogP contribution in [0.15, 0.2) is 48.5 Å². The van der Waals surface area contributed by atoms with E-state index in [-0.39, 0.29) is 11.9 Å². The lowest BCUT2D eigenvalue weighted by atomic mass is 10.0. The smallest absolute Gasteiger partial charge is 0.241 e. The van der Waals surface area contributed by atoms with Crippen molar-refractivity contribution in [2.24, 2.45) is 0 Å². The number of anilines is 1. The number of nitrogens with one attached hydrogen (secondary N) is 1. The van der Waals surface area contributed by atoms with E-state index in [0.717, 1.165) is 6.54 Å². The maximum absolute atomic E-state index is 12.6. The van der Waals surface area contributed by atoms with Crippen LogP contribution in [0.2, 0.25) is 0 Å². The molecule has 0 bridgehead atoms. The number of carbonyl (C=O) groups excluding carboxylic acids is 1. The summed E-state index contributed by atoms with van der Waals surface area (Å²) in [5.41, 5.74) is 3.24. The molecular formula is C22H30N2O2. The number of amides is 1. The molecule has 0 heterocycles. The molecule has 1 N–H and O–H groups in total. The van der Waals surface area contributed by atoms with Crippen molar-refractivity contribution >= 4 is 11.6 Å². The quantitative estimate of drug-likeness (QED) is 0.749. The molecular weight excluding hydrogens is 324 g/mol. The number of nitrogens with zero attached hydrogens (tertiary/aromatic N) is 1. The van der Waals surface area contributed by atoms with E-state index in [4.69, 9.17) is 4.74 Å². The highest BCUT2D eigenvalue weighted by molar-refractivity contribution is 5.95. The van der Waals surface area contributed by atoms with Gasteiger partial charge < -0.3 is 10.1 Å². The zero-order valence-electron chi connectivity index (χ0n) is 16.5. The van der Waals surface area contributed by atoms with Gasteiger partial charge in [0.15, 0.2) is 0 Å². The van der Waals surface area contributed by atoms with E-state index in [1.54, 1.807) is 0 Å². The summed E-state index contributed by atoms with van der Waals surface area (Å²) in [6, 6.07) is 15.9. The van der Waals surface area contributed by atoms with Gasteiger partial charge in [-0.3, -0.25) is 9.69 Å². The minimum Gasteiger partial charge on any atom is -0.492 e. The number of benzene rings is 2. The number of para-hydroxylation sites is 2. The van der Waals surface area contributed by atoms with Crippen LogP contribution in [-0.2, 0) is 11.3 Å². The van der Waals surface area contributed by atoms with E-state index < -0.39 is 0 Å². The zero-order chi connectivity index (χ0) is 19.1. The van der Waals surface area contributed by atoms with E-state index in [1.165, 1.54) is 11.1 Å². The molecule has 4 heteroatoms. The molecule has 0 radical (unpaired) electrons. The van der Waals surface area contributed by atoms with Gasteiger partial charge in [-0.15, -0.1) is 0 Å². The Morgan fingerprint density at radius 2 is 1.73 bits per heavy atom. The molecule has 4 nitrogen and oxygen atoms in total. The Bertz CT molecular complexity index is 710.